The predicted octanol–water partition coefficient (Wildman–Crippen LogP) is 5.62. The van der Waals surface area contributed by atoms with Crippen molar-refractivity contribution in [3.8, 4) is 11.5 Å². The van der Waals surface area contributed by atoms with Crippen LogP contribution in [0, 0.1) is 13.8 Å². The monoisotopic (exact) mass is 432 g/mol. The third-order valence-corrected chi connectivity index (χ3v) is 5.03. The van der Waals surface area contributed by atoms with Crippen LogP contribution in [0.3, 0.4) is 0 Å². The van der Waals surface area contributed by atoms with Crippen LogP contribution in [-0.2, 0) is 27.5 Å². The van der Waals surface area contributed by atoms with Gasteiger partial charge >= 0.3 is 5.97 Å². The number of carbonyl (C=O) groups is 1. The highest BCUT2D eigenvalue weighted by Gasteiger charge is 2.17. The van der Waals surface area contributed by atoms with E-state index in [1.54, 1.807) is 0 Å². The highest BCUT2D eigenvalue weighted by atomic mass is 16.5. The lowest BCUT2D eigenvalue weighted by molar-refractivity contribution is -0.133. The Balaban J connectivity index is 1.81. The molecule has 0 heterocycles. The van der Waals surface area contributed by atoms with Crippen LogP contribution >= 0.6 is 0 Å². The van der Waals surface area contributed by atoms with Crippen molar-refractivity contribution in [3.05, 3.63) is 101 Å². The van der Waals surface area contributed by atoms with Crippen molar-refractivity contribution < 1.29 is 23.7 Å². The largest absolute Gasteiger partial charge is 0.503 e. The van der Waals surface area contributed by atoms with Gasteiger partial charge in [-0.05, 0) is 48.2 Å². The Morgan fingerprint density at radius 2 is 1.47 bits per heavy atom. The number of methoxy groups -OCH3 is 2. The summed E-state index contributed by atoms with van der Waals surface area (Å²) in [4.78, 5) is 12.2. The van der Waals surface area contributed by atoms with Crippen LogP contribution in [-0.4, -0.2) is 20.2 Å². The number of benzene rings is 3. The zero-order chi connectivity index (χ0) is 22.9. The van der Waals surface area contributed by atoms with E-state index in [1.165, 1.54) is 20.5 Å². The first kappa shape index (κ1) is 22.9. The smallest absolute Gasteiger partial charge is 0.341 e. The SMILES string of the molecule is CO/C=C(\C(=O)OC)c1ccccc1COc1cc(C)cc(OCc2ccccc2)c1C. The highest BCUT2D eigenvalue weighted by Crippen LogP contribution is 2.31. The molecule has 0 aliphatic heterocycles. The van der Waals surface area contributed by atoms with Gasteiger partial charge in [0.1, 0.15) is 30.3 Å². The van der Waals surface area contributed by atoms with Crippen LogP contribution in [0.1, 0.15) is 27.8 Å². The lowest BCUT2D eigenvalue weighted by Gasteiger charge is -2.17. The fourth-order valence-corrected chi connectivity index (χ4v) is 3.34. The Labute approximate surface area is 189 Å². The number of hydrogen-bond donors (Lipinski definition) is 0. The van der Waals surface area contributed by atoms with Crippen LogP contribution in [0.25, 0.3) is 5.57 Å². The lowest BCUT2D eigenvalue weighted by atomic mass is 10.0. The van der Waals surface area contributed by atoms with E-state index in [4.69, 9.17) is 18.9 Å². The number of rotatable bonds is 9. The molecule has 5 nitrogen and oxygen atoms in total. The van der Waals surface area contributed by atoms with E-state index in [9.17, 15) is 4.79 Å². The minimum absolute atomic E-state index is 0.274. The van der Waals surface area contributed by atoms with Crippen molar-refractivity contribution in [3.63, 3.8) is 0 Å². The van der Waals surface area contributed by atoms with Gasteiger partial charge in [-0.1, -0.05) is 54.6 Å². The van der Waals surface area contributed by atoms with Gasteiger partial charge < -0.3 is 18.9 Å². The van der Waals surface area contributed by atoms with Gasteiger partial charge in [0.2, 0.25) is 0 Å². The van der Waals surface area contributed by atoms with E-state index in [1.807, 2.05) is 80.6 Å². The summed E-state index contributed by atoms with van der Waals surface area (Å²) in [5, 5.41) is 0. The molecule has 0 saturated heterocycles. The molecule has 0 atom stereocenters. The molecule has 0 radical (unpaired) electrons. The fourth-order valence-electron chi connectivity index (χ4n) is 3.34. The zero-order valence-electron chi connectivity index (χ0n) is 18.9. The molecule has 0 N–H and O–H groups in total. The van der Waals surface area contributed by atoms with Gasteiger partial charge in [-0.2, -0.15) is 0 Å². The highest BCUT2D eigenvalue weighted by molar-refractivity contribution is 6.16. The molecular formula is C27H28O5. The molecular weight excluding hydrogens is 404 g/mol. The van der Waals surface area contributed by atoms with Gasteiger partial charge in [-0.25, -0.2) is 4.79 Å². The molecule has 3 rings (SSSR count). The van der Waals surface area contributed by atoms with E-state index in [-0.39, 0.29) is 6.61 Å². The van der Waals surface area contributed by atoms with E-state index in [0.29, 0.717) is 17.7 Å². The third-order valence-electron chi connectivity index (χ3n) is 5.03. The summed E-state index contributed by atoms with van der Waals surface area (Å²) >= 11 is 0. The van der Waals surface area contributed by atoms with Gasteiger partial charge in [0, 0.05) is 5.56 Å². The van der Waals surface area contributed by atoms with Crippen LogP contribution in [0.5, 0.6) is 11.5 Å². The fraction of sp³-hybridized carbons (Fsp3) is 0.222. The van der Waals surface area contributed by atoms with E-state index in [0.717, 1.165) is 33.8 Å². The first-order chi connectivity index (χ1) is 15.5. The molecule has 0 spiro atoms. The predicted molar refractivity (Wildman–Crippen MR) is 124 cm³/mol. The quantitative estimate of drug-likeness (QED) is 0.249. The summed E-state index contributed by atoms with van der Waals surface area (Å²) in [7, 11) is 2.84. The molecule has 0 bridgehead atoms. The Morgan fingerprint density at radius 1 is 0.844 bits per heavy atom. The summed E-state index contributed by atoms with van der Waals surface area (Å²) in [6, 6.07) is 21.6. The Bertz CT molecular complexity index is 1090. The molecule has 5 heteroatoms. The molecule has 166 valence electrons. The third kappa shape index (κ3) is 5.70. The Kier molecular flexibility index (Phi) is 7.92. The molecule has 0 saturated carbocycles. The lowest BCUT2D eigenvalue weighted by Crippen LogP contribution is -2.08. The number of hydrogen-bond acceptors (Lipinski definition) is 5. The standard InChI is InChI=1S/C27H28O5/c1-19-14-25(31-16-21-10-6-5-7-11-21)20(2)26(15-19)32-17-22-12-8-9-13-23(22)24(18-29-3)27(28)30-4/h5-15,18H,16-17H2,1-4H3/b24-18-. The van der Waals surface area contributed by atoms with E-state index >= 15 is 0 Å². The molecule has 0 unspecified atom stereocenters. The minimum atomic E-state index is -0.470. The molecule has 0 fully saturated rings. The zero-order valence-corrected chi connectivity index (χ0v) is 18.9. The number of carbonyl (C=O) groups excluding carboxylic acids is 1. The molecule has 0 amide bonds. The van der Waals surface area contributed by atoms with Crippen LogP contribution in [0.4, 0.5) is 0 Å². The molecule has 3 aromatic carbocycles. The van der Waals surface area contributed by atoms with Crippen molar-refractivity contribution in [1.82, 2.24) is 0 Å². The normalized spacial score (nSPS) is 11.1. The Morgan fingerprint density at radius 3 is 2.12 bits per heavy atom. The molecule has 0 aliphatic rings. The summed E-state index contributed by atoms with van der Waals surface area (Å²) < 4.78 is 22.2. The second-order valence-electron chi connectivity index (χ2n) is 7.37. The second kappa shape index (κ2) is 11.0. The summed E-state index contributed by atoms with van der Waals surface area (Å²) in [5.74, 6) is 1.05. The maximum absolute atomic E-state index is 12.2. The van der Waals surface area contributed by atoms with Crippen molar-refractivity contribution >= 4 is 11.5 Å². The first-order valence-corrected chi connectivity index (χ1v) is 10.3. The molecule has 3 aromatic rings. The maximum Gasteiger partial charge on any atom is 0.341 e. The summed E-state index contributed by atoms with van der Waals surface area (Å²) in [6.45, 7) is 4.74. The van der Waals surface area contributed by atoms with Crippen molar-refractivity contribution in [2.45, 2.75) is 27.1 Å². The number of esters is 1. The first-order valence-electron chi connectivity index (χ1n) is 10.3. The van der Waals surface area contributed by atoms with Crippen LogP contribution in [0.2, 0.25) is 0 Å². The summed E-state index contributed by atoms with van der Waals surface area (Å²) in [5.41, 5.74) is 4.94. The van der Waals surface area contributed by atoms with E-state index < -0.39 is 5.97 Å². The average Bonchev–Trinajstić information content (AvgIpc) is 2.82. The van der Waals surface area contributed by atoms with Gasteiger partial charge in [-0.15, -0.1) is 0 Å². The van der Waals surface area contributed by atoms with E-state index in [2.05, 4.69) is 0 Å². The number of ether oxygens (including phenoxy) is 4. The van der Waals surface area contributed by atoms with Crippen molar-refractivity contribution in [2.24, 2.45) is 0 Å². The second-order valence-corrected chi connectivity index (χ2v) is 7.37. The van der Waals surface area contributed by atoms with Gasteiger partial charge in [0.25, 0.3) is 0 Å². The minimum Gasteiger partial charge on any atom is -0.503 e. The maximum atomic E-state index is 12.2. The van der Waals surface area contributed by atoms with Crippen molar-refractivity contribution in [1.29, 1.82) is 0 Å². The Hall–Kier alpha value is -3.73. The number of aryl methyl sites for hydroxylation is 1. The van der Waals surface area contributed by atoms with Crippen LogP contribution < -0.4 is 9.47 Å². The van der Waals surface area contributed by atoms with Gasteiger partial charge in [-0.3, -0.25) is 0 Å². The molecule has 0 aliphatic carbocycles. The topological polar surface area (TPSA) is 54.0 Å². The molecule has 32 heavy (non-hydrogen) atoms. The van der Waals surface area contributed by atoms with Gasteiger partial charge in [0.15, 0.2) is 0 Å². The van der Waals surface area contributed by atoms with Crippen molar-refractivity contribution in [2.75, 3.05) is 14.2 Å². The molecule has 0 aromatic heterocycles. The van der Waals surface area contributed by atoms with Gasteiger partial charge in [0.05, 0.1) is 20.5 Å². The average molecular weight is 433 g/mol. The summed E-state index contributed by atoms with van der Waals surface area (Å²) in [6.07, 6.45) is 1.39. The van der Waals surface area contributed by atoms with Crippen LogP contribution in [0.15, 0.2) is 73.0 Å².